The molecule has 2 rings (SSSR count). The second kappa shape index (κ2) is 5.63. The molecular weight excluding hydrogens is 342 g/mol. The third-order valence-corrected chi connectivity index (χ3v) is 6.35. The SMILES string of the molecule is Cc1c(N)cc(Br)cc1S(=O)(=O)N1CCN(C)C(C)C1. The summed E-state index contributed by atoms with van der Waals surface area (Å²) < 4.78 is 27.8. The van der Waals surface area contributed by atoms with Gasteiger partial charge in [-0.15, -0.1) is 0 Å². The molecular formula is C13H20BrN3O2S. The molecule has 1 aromatic carbocycles. The van der Waals surface area contributed by atoms with Crippen LogP contribution in [0.5, 0.6) is 0 Å². The molecule has 0 saturated carbocycles. The van der Waals surface area contributed by atoms with Crippen LogP contribution in [0, 0.1) is 6.92 Å². The van der Waals surface area contributed by atoms with Gasteiger partial charge < -0.3 is 10.6 Å². The van der Waals surface area contributed by atoms with Gasteiger partial charge in [-0.05, 0) is 38.6 Å². The number of hydrogen-bond donors (Lipinski definition) is 1. The van der Waals surface area contributed by atoms with Crippen molar-refractivity contribution in [2.24, 2.45) is 0 Å². The molecule has 7 heteroatoms. The Bertz CT molecular complexity index is 618. The molecule has 1 aliphatic heterocycles. The Morgan fingerprint density at radius 1 is 1.35 bits per heavy atom. The third-order valence-electron chi connectivity index (χ3n) is 3.91. The molecule has 0 amide bonds. The number of nitrogens with two attached hydrogens (primary N) is 1. The number of sulfonamides is 1. The van der Waals surface area contributed by atoms with E-state index in [-0.39, 0.29) is 6.04 Å². The zero-order chi connectivity index (χ0) is 15.1. The minimum atomic E-state index is -3.50. The topological polar surface area (TPSA) is 66.6 Å². The van der Waals surface area contributed by atoms with Crippen LogP contribution in [0.1, 0.15) is 12.5 Å². The lowest BCUT2D eigenvalue weighted by Crippen LogP contribution is -2.51. The van der Waals surface area contributed by atoms with Gasteiger partial charge in [0.2, 0.25) is 10.0 Å². The molecule has 20 heavy (non-hydrogen) atoms. The maximum Gasteiger partial charge on any atom is 0.243 e. The van der Waals surface area contributed by atoms with Crippen molar-refractivity contribution >= 4 is 31.6 Å². The fourth-order valence-electron chi connectivity index (χ4n) is 2.31. The second-order valence-corrected chi connectivity index (χ2v) is 8.13. The van der Waals surface area contributed by atoms with Crippen molar-refractivity contribution in [3.63, 3.8) is 0 Å². The van der Waals surface area contributed by atoms with E-state index in [9.17, 15) is 8.42 Å². The number of nitrogen functional groups attached to an aromatic ring is 1. The van der Waals surface area contributed by atoms with Gasteiger partial charge in [0.1, 0.15) is 0 Å². The second-order valence-electron chi connectivity index (χ2n) is 5.31. The van der Waals surface area contributed by atoms with E-state index in [1.807, 2.05) is 14.0 Å². The van der Waals surface area contributed by atoms with Crippen LogP contribution in [0.2, 0.25) is 0 Å². The van der Waals surface area contributed by atoms with E-state index in [1.54, 1.807) is 23.4 Å². The Morgan fingerprint density at radius 3 is 2.60 bits per heavy atom. The number of benzene rings is 1. The molecule has 112 valence electrons. The number of nitrogens with zero attached hydrogens (tertiary/aromatic N) is 2. The zero-order valence-corrected chi connectivity index (χ0v) is 14.3. The predicted molar refractivity (Wildman–Crippen MR) is 84.1 cm³/mol. The first kappa shape index (κ1) is 15.8. The fraction of sp³-hybridized carbons (Fsp3) is 0.538. The molecule has 5 nitrogen and oxygen atoms in total. The monoisotopic (exact) mass is 361 g/mol. The minimum absolute atomic E-state index is 0.211. The van der Waals surface area contributed by atoms with Crippen molar-refractivity contribution in [3.8, 4) is 0 Å². The summed E-state index contributed by atoms with van der Waals surface area (Å²) in [7, 11) is -1.49. The van der Waals surface area contributed by atoms with E-state index >= 15 is 0 Å². The highest BCUT2D eigenvalue weighted by molar-refractivity contribution is 9.10. The molecule has 1 fully saturated rings. The first-order valence-corrected chi connectivity index (χ1v) is 8.73. The Balaban J connectivity index is 2.41. The summed E-state index contributed by atoms with van der Waals surface area (Å²) in [6, 6.07) is 3.56. The highest BCUT2D eigenvalue weighted by Gasteiger charge is 2.32. The van der Waals surface area contributed by atoms with Crippen LogP contribution in [-0.2, 0) is 10.0 Å². The Hall–Kier alpha value is -0.630. The largest absolute Gasteiger partial charge is 0.398 e. The number of piperazine rings is 1. The van der Waals surface area contributed by atoms with Crippen LogP contribution in [0.4, 0.5) is 5.69 Å². The number of rotatable bonds is 2. The van der Waals surface area contributed by atoms with Crippen molar-refractivity contribution < 1.29 is 8.42 Å². The van der Waals surface area contributed by atoms with Gasteiger partial charge in [-0.25, -0.2) is 8.42 Å². The summed E-state index contributed by atoms with van der Waals surface area (Å²) in [4.78, 5) is 2.45. The molecule has 1 unspecified atom stereocenters. The summed E-state index contributed by atoms with van der Waals surface area (Å²) in [5, 5.41) is 0. The van der Waals surface area contributed by atoms with Crippen molar-refractivity contribution in [2.75, 3.05) is 32.4 Å². The Kier molecular flexibility index (Phi) is 4.44. The molecule has 0 aliphatic carbocycles. The molecule has 1 aliphatic rings. The summed E-state index contributed by atoms with van der Waals surface area (Å²) in [6.45, 7) is 5.53. The number of anilines is 1. The first-order valence-electron chi connectivity index (χ1n) is 6.49. The lowest BCUT2D eigenvalue weighted by atomic mass is 10.2. The van der Waals surface area contributed by atoms with Gasteiger partial charge >= 0.3 is 0 Å². The maximum atomic E-state index is 12.8. The standard InChI is InChI=1S/C13H20BrN3O2S/c1-9-8-17(5-4-16(9)3)20(18,19)13-7-11(14)6-12(15)10(13)2/h6-7,9H,4-5,8,15H2,1-3H3. The molecule has 0 aromatic heterocycles. The van der Waals surface area contributed by atoms with E-state index in [2.05, 4.69) is 20.8 Å². The van der Waals surface area contributed by atoms with Gasteiger partial charge in [0.15, 0.2) is 0 Å². The van der Waals surface area contributed by atoms with Gasteiger partial charge in [-0.3, -0.25) is 0 Å². The highest BCUT2D eigenvalue weighted by Crippen LogP contribution is 2.29. The normalized spacial score (nSPS) is 22.1. The van der Waals surface area contributed by atoms with Crippen LogP contribution in [0.3, 0.4) is 0 Å². The van der Waals surface area contributed by atoms with Gasteiger partial charge in [-0.1, -0.05) is 15.9 Å². The average molecular weight is 362 g/mol. The van der Waals surface area contributed by atoms with Gasteiger partial charge in [0.25, 0.3) is 0 Å². The first-order chi connectivity index (χ1) is 9.23. The maximum absolute atomic E-state index is 12.8. The van der Waals surface area contributed by atoms with Crippen LogP contribution < -0.4 is 5.73 Å². The molecule has 1 aromatic rings. The van der Waals surface area contributed by atoms with Crippen LogP contribution >= 0.6 is 15.9 Å². The average Bonchev–Trinajstić information content (AvgIpc) is 2.36. The van der Waals surface area contributed by atoms with Crippen LogP contribution in [0.15, 0.2) is 21.5 Å². The molecule has 0 radical (unpaired) electrons. The zero-order valence-electron chi connectivity index (χ0n) is 11.9. The van der Waals surface area contributed by atoms with E-state index in [0.29, 0.717) is 33.7 Å². The van der Waals surface area contributed by atoms with Crippen LogP contribution in [0.25, 0.3) is 0 Å². The van der Waals surface area contributed by atoms with E-state index in [1.165, 1.54) is 0 Å². The predicted octanol–water partition coefficient (Wildman–Crippen LogP) is 1.66. The van der Waals surface area contributed by atoms with Gasteiger partial charge in [-0.2, -0.15) is 4.31 Å². The van der Waals surface area contributed by atoms with Crippen molar-refractivity contribution in [1.29, 1.82) is 0 Å². The van der Waals surface area contributed by atoms with E-state index in [0.717, 1.165) is 6.54 Å². The highest BCUT2D eigenvalue weighted by atomic mass is 79.9. The summed E-state index contributed by atoms with van der Waals surface area (Å²) in [5.41, 5.74) is 6.97. The number of likely N-dealkylation sites (N-methyl/N-ethyl adjacent to an activating group) is 1. The lowest BCUT2D eigenvalue weighted by Gasteiger charge is -2.37. The Labute approximate surface area is 128 Å². The van der Waals surface area contributed by atoms with Gasteiger partial charge in [0.05, 0.1) is 4.90 Å². The summed E-state index contributed by atoms with van der Waals surface area (Å²) in [5.74, 6) is 0. The summed E-state index contributed by atoms with van der Waals surface area (Å²) >= 11 is 3.31. The van der Waals surface area contributed by atoms with Gasteiger partial charge in [0, 0.05) is 35.8 Å². The molecule has 0 spiro atoms. The third kappa shape index (κ3) is 2.86. The minimum Gasteiger partial charge on any atom is -0.398 e. The number of halogens is 1. The molecule has 1 atom stereocenters. The Morgan fingerprint density at radius 2 is 2.00 bits per heavy atom. The fourth-order valence-corrected chi connectivity index (χ4v) is 4.73. The number of hydrogen-bond acceptors (Lipinski definition) is 4. The van der Waals surface area contributed by atoms with E-state index < -0.39 is 10.0 Å². The smallest absolute Gasteiger partial charge is 0.243 e. The van der Waals surface area contributed by atoms with E-state index in [4.69, 9.17) is 5.73 Å². The van der Waals surface area contributed by atoms with Crippen molar-refractivity contribution in [3.05, 3.63) is 22.2 Å². The molecule has 0 bridgehead atoms. The van der Waals surface area contributed by atoms with Crippen molar-refractivity contribution in [1.82, 2.24) is 9.21 Å². The van der Waals surface area contributed by atoms with Crippen molar-refractivity contribution in [2.45, 2.75) is 24.8 Å². The summed E-state index contributed by atoms with van der Waals surface area (Å²) in [6.07, 6.45) is 0. The quantitative estimate of drug-likeness (QED) is 0.813. The lowest BCUT2D eigenvalue weighted by molar-refractivity contribution is 0.159. The molecule has 1 heterocycles. The molecule has 2 N–H and O–H groups in total. The van der Waals surface area contributed by atoms with Crippen LogP contribution in [-0.4, -0.2) is 50.3 Å². The molecule has 1 saturated heterocycles.